The highest BCUT2D eigenvalue weighted by Gasteiger charge is 2.04. The maximum Gasteiger partial charge on any atom is 0.131 e. The van der Waals surface area contributed by atoms with Crippen LogP contribution < -0.4 is 0 Å². The van der Waals surface area contributed by atoms with Gasteiger partial charge in [-0.1, -0.05) is 30.3 Å². The molecule has 0 N–H and O–H groups in total. The van der Waals surface area contributed by atoms with Crippen molar-refractivity contribution >= 4 is 0 Å². The molecule has 0 saturated carbocycles. The molecule has 0 atom stereocenters. The number of hydrogen-bond donors (Lipinski definition) is 0. The third-order valence-electron chi connectivity index (χ3n) is 2.12. The molecule has 0 fully saturated rings. The minimum atomic E-state index is -0.416. The summed E-state index contributed by atoms with van der Waals surface area (Å²) in [5.74, 6) is -0.416. The van der Waals surface area contributed by atoms with Crippen LogP contribution in [0.1, 0.15) is 5.56 Å². The van der Waals surface area contributed by atoms with Gasteiger partial charge < -0.3 is 0 Å². The summed E-state index contributed by atoms with van der Waals surface area (Å²) in [5, 5.41) is 8.90. The molecule has 0 unspecified atom stereocenters. The normalized spacial score (nSPS) is 9.60. The molecule has 1 nitrogen and oxygen atoms in total. The van der Waals surface area contributed by atoms with Gasteiger partial charge in [-0.3, -0.25) is 0 Å². The van der Waals surface area contributed by atoms with Gasteiger partial charge in [0.2, 0.25) is 0 Å². The monoisotopic (exact) mass is 196 g/mol. The highest BCUT2D eigenvalue weighted by molar-refractivity contribution is 5.70. The van der Waals surface area contributed by atoms with Crippen molar-refractivity contribution in [1.82, 2.24) is 0 Å². The van der Waals surface area contributed by atoms with Crippen LogP contribution in [-0.4, -0.2) is 0 Å². The molecule has 0 aliphatic rings. The molecule has 0 aliphatic heterocycles. The maximum atomic E-state index is 13.0. The van der Waals surface area contributed by atoms with Crippen LogP contribution in [0.25, 0.3) is 11.1 Å². The third-order valence-corrected chi connectivity index (χ3v) is 2.12. The molecule has 0 aromatic heterocycles. The van der Waals surface area contributed by atoms with Crippen LogP contribution in [0.4, 0.5) is 4.39 Å². The predicted octanol–water partition coefficient (Wildman–Crippen LogP) is 3.16. The Kier molecular flexibility index (Phi) is 2.47. The SMILES string of the molecule is N#Cc1ccccc1-c1cc[c]c(F)c1. The Balaban J connectivity index is 2.60. The molecular formula is C13H7FN. The van der Waals surface area contributed by atoms with Gasteiger partial charge in [-0.2, -0.15) is 5.26 Å². The molecule has 2 aromatic rings. The highest BCUT2D eigenvalue weighted by atomic mass is 19.1. The Morgan fingerprint density at radius 2 is 2.00 bits per heavy atom. The molecule has 0 amide bonds. The van der Waals surface area contributed by atoms with Crippen LogP contribution in [-0.2, 0) is 0 Å². The smallest absolute Gasteiger partial charge is 0.131 e. The first-order chi connectivity index (χ1) is 7.31. The fourth-order valence-corrected chi connectivity index (χ4v) is 1.44. The molecule has 0 spiro atoms. The van der Waals surface area contributed by atoms with E-state index >= 15 is 0 Å². The van der Waals surface area contributed by atoms with Gasteiger partial charge in [0.15, 0.2) is 0 Å². The van der Waals surface area contributed by atoms with E-state index in [1.54, 1.807) is 24.3 Å². The standard InChI is InChI=1S/C13H7FN/c14-12-6-3-5-10(8-12)13-7-2-1-4-11(13)9-15/h1-5,7-8H. The Morgan fingerprint density at radius 3 is 2.73 bits per heavy atom. The molecule has 15 heavy (non-hydrogen) atoms. The summed E-state index contributed by atoms with van der Waals surface area (Å²) in [5.41, 5.74) is 1.99. The van der Waals surface area contributed by atoms with E-state index in [1.807, 2.05) is 6.07 Å². The van der Waals surface area contributed by atoms with Crippen LogP contribution in [0.5, 0.6) is 0 Å². The van der Waals surface area contributed by atoms with Crippen LogP contribution in [0.3, 0.4) is 0 Å². The lowest BCUT2D eigenvalue weighted by atomic mass is 10.0. The predicted molar refractivity (Wildman–Crippen MR) is 55.4 cm³/mol. The van der Waals surface area contributed by atoms with Gasteiger partial charge in [0.05, 0.1) is 11.6 Å². The molecule has 0 aliphatic carbocycles. The lowest BCUT2D eigenvalue weighted by Gasteiger charge is -2.03. The average Bonchev–Trinajstić information content (AvgIpc) is 2.29. The number of nitriles is 1. The molecule has 71 valence electrons. The summed E-state index contributed by atoms with van der Waals surface area (Å²) < 4.78 is 13.0. The Bertz CT molecular complexity index is 526. The molecule has 1 radical (unpaired) electrons. The van der Waals surface area contributed by atoms with E-state index < -0.39 is 5.82 Å². The first-order valence-electron chi connectivity index (χ1n) is 4.48. The molecular weight excluding hydrogens is 189 g/mol. The van der Waals surface area contributed by atoms with E-state index in [0.717, 1.165) is 5.56 Å². The summed E-state index contributed by atoms with van der Waals surface area (Å²) in [4.78, 5) is 0. The maximum absolute atomic E-state index is 13.0. The number of rotatable bonds is 1. The van der Waals surface area contributed by atoms with Gasteiger partial charge >= 0.3 is 0 Å². The van der Waals surface area contributed by atoms with Crippen LogP contribution >= 0.6 is 0 Å². The molecule has 0 heterocycles. The zero-order valence-corrected chi connectivity index (χ0v) is 7.87. The number of benzene rings is 2. The molecule has 0 bridgehead atoms. The van der Waals surface area contributed by atoms with Crippen molar-refractivity contribution in [1.29, 1.82) is 5.26 Å². The molecule has 2 rings (SSSR count). The van der Waals surface area contributed by atoms with E-state index in [0.29, 0.717) is 11.1 Å². The van der Waals surface area contributed by atoms with Gasteiger partial charge in [0.25, 0.3) is 0 Å². The summed E-state index contributed by atoms with van der Waals surface area (Å²) in [6, 6.07) is 16.3. The van der Waals surface area contributed by atoms with Gasteiger partial charge in [0.1, 0.15) is 5.82 Å². The Morgan fingerprint density at radius 1 is 1.20 bits per heavy atom. The summed E-state index contributed by atoms with van der Waals surface area (Å²) in [6.07, 6.45) is 0. The van der Waals surface area contributed by atoms with Gasteiger partial charge in [-0.05, 0) is 23.3 Å². The van der Waals surface area contributed by atoms with Crippen LogP contribution in [0.15, 0.2) is 42.5 Å². The number of halogens is 1. The fourth-order valence-electron chi connectivity index (χ4n) is 1.44. The molecule has 2 heteroatoms. The van der Waals surface area contributed by atoms with Gasteiger partial charge in [0, 0.05) is 6.07 Å². The zero-order valence-electron chi connectivity index (χ0n) is 7.87. The third kappa shape index (κ3) is 1.87. The first kappa shape index (κ1) is 9.42. The van der Waals surface area contributed by atoms with E-state index in [4.69, 9.17) is 5.26 Å². The number of nitrogens with zero attached hydrogens (tertiary/aromatic N) is 1. The molecule has 2 aromatic carbocycles. The fraction of sp³-hybridized carbons (Fsp3) is 0. The zero-order chi connectivity index (χ0) is 10.7. The minimum absolute atomic E-state index is 0.416. The van der Waals surface area contributed by atoms with E-state index in [2.05, 4.69) is 12.1 Å². The Hall–Kier alpha value is -2.14. The van der Waals surface area contributed by atoms with Crippen molar-refractivity contribution in [3.63, 3.8) is 0 Å². The van der Waals surface area contributed by atoms with Crippen molar-refractivity contribution in [2.45, 2.75) is 0 Å². The van der Waals surface area contributed by atoms with Crippen molar-refractivity contribution in [2.24, 2.45) is 0 Å². The Labute approximate surface area is 87.4 Å². The van der Waals surface area contributed by atoms with Gasteiger partial charge in [-0.25, -0.2) is 4.39 Å². The van der Waals surface area contributed by atoms with E-state index in [9.17, 15) is 4.39 Å². The lowest BCUT2D eigenvalue weighted by Crippen LogP contribution is -1.84. The second-order valence-electron chi connectivity index (χ2n) is 3.08. The van der Waals surface area contributed by atoms with Crippen molar-refractivity contribution < 1.29 is 4.39 Å². The summed E-state index contributed by atoms with van der Waals surface area (Å²) in [7, 11) is 0. The topological polar surface area (TPSA) is 23.8 Å². The summed E-state index contributed by atoms with van der Waals surface area (Å²) >= 11 is 0. The first-order valence-corrected chi connectivity index (χ1v) is 4.48. The largest absolute Gasteiger partial charge is 0.206 e. The second kappa shape index (κ2) is 3.93. The van der Waals surface area contributed by atoms with Gasteiger partial charge in [-0.15, -0.1) is 0 Å². The second-order valence-corrected chi connectivity index (χ2v) is 3.08. The van der Waals surface area contributed by atoms with Crippen LogP contribution in [0.2, 0.25) is 0 Å². The highest BCUT2D eigenvalue weighted by Crippen LogP contribution is 2.23. The van der Waals surface area contributed by atoms with Crippen molar-refractivity contribution in [3.05, 3.63) is 59.9 Å². The van der Waals surface area contributed by atoms with E-state index in [-0.39, 0.29) is 0 Å². The summed E-state index contributed by atoms with van der Waals surface area (Å²) in [6.45, 7) is 0. The lowest BCUT2D eigenvalue weighted by molar-refractivity contribution is 0.626. The van der Waals surface area contributed by atoms with E-state index in [1.165, 1.54) is 12.1 Å². The number of hydrogen-bond acceptors (Lipinski definition) is 1. The minimum Gasteiger partial charge on any atom is -0.206 e. The quantitative estimate of drug-likeness (QED) is 0.687. The van der Waals surface area contributed by atoms with Crippen LogP contribution in [0, 0.1) is 23.2 Å². The van der Waals surface area contributed by atoms with Crippen molar-refractivity contribution in [3.8, 4) is 17.2 Å². The van der Waals surface area contributed by atoms with Crippen molar-refractivity contribution in [2.75, 3.05) is 0 Å². The molecule has 0 saturated heterocycles. The average molecular weight is 196 g/mol.